The monoisotopic (exact) mass is 436 g/mol. The molecule has 32 heavy (non-hydrogen) atoms. The molecule has 5 rings (SSSR count). The maximum atomic E-state index is 14.1. The Hall–Kier alpha value is -3.26. The van der Waals surface area contributed by atoms with E-state index in [1.807, 2.05) is 6.07 Å². The molecule has 1 aromatic carbocycles. The average molecular weight is 436 g/mol. The lowest BCUT2D eigenvalue weighted by Crippen LogP contribution is -2.31. The number of aryl methyl sites for hydroxylation is 1. The van der Waals surface area contributed by atoms with Crippen molar-refractivity contribution in [3.8, 4) is 5.69 Å². The van der Waals surface area contributed by atoms with Crippen LogP contribution in [0.2, 0.25) is 0 Å². The number of aromatic nitrogens is 4. The van der Waals surface area contributed by atoms with Crippen molar-refractivity contribution in [2.45, 2.75) is 51.6 Å². The zero-order valence-electron chi connectivity index (χ0n) is 18.2. The number of fused-ring (bicyclic) bond motifs is 2. The maximum absolute atomic E-state index is 14.1. The van der Waals surface area contributed by atoms with Crippen LogP contribution in [0.5, 0.6) is 0 Å². The fraction of sp³-hybridized carbons (Fsp3) is 0.375. The molecule has 1 saturated heterocycles. The molecule has 0 spiro atoms. The lowest BCUT2D eigenvalue weighted by molar-refractivity contribution is -0.153. The molecule has 0 aliphatic carbocycles. The van der Waals surface area contributed by atoms with E-state index in [1.165, 1.54) is 6.07 Å². The molecule has 0 amide bonds. The van der Waals surface area contributed by atoms with Crippen LogP contribution in [0.15, 0.2) is 30.5 Å². The van der Waals surface area contributed by atoms with Gasteiger partial charge in [-0.1, -0.05) is 13.8 Å². The zero-order chi connectivity index (χ0) is 22.6. The number of carbonyl (C=O) groups is 1. The number of hydrogen-bond acceptors (Lipinski definition) is 4. The summed E-state index contributed by atoms with van der Waals surface area (Å²) in [7, 11) is 0. The minimum Gasteiger partial charge on any atom is -0.479 e. The number of aliphatic carboxylic acids is 1. The highest BCUT2D eigenvalue weighted by Gasteiger charge is 2.33. The van der Waals surface area contributed by atoms with Crippen molar-refractivity contribution in [1.82, 2.24) is 19.7 Å². The molecule has 1 aliphatic heterocycles. The smallest absolute Gasteiger partial charge is 0.332 e. The molecule has 1 aliphatic rings. The van der Waals surface area contributed by atoms with Crippen molar-refractivity contribution >= 4 is 28.0 Å². The van der Waals surface area contributed by atoms with Crippen molar-refractivity contribution in [1.29, 1.82) is 0 Å². The van der Waals surface area contributed by atoms with E-state index in [0.29, 0.717) is 30.7 Å². The van der Waals surface area contributed by atoms with Gasteiger partial charge in [0, 0.05) is 28.2 Å². The zero-order valence-corrected chi connectivity index (χ0v) is 18.2. The number of carboxylic acid groups (broad SMARTS) is 1. The Bertz CT molecular complexity index is 1330. The van der Waals surface area contributed by atoms with Crippen LogP contribution in [0.3, 0.4) is 0 Å². The second-order valence-corrected chi connectivity index (χ2v) is 8.82. The fourth-order valence-electron chi connectivity index (χ4n) is 4.80. The van der Waals surface area contributed by atoms with E-state index in [9.17, 15) is 14.3 Å². The molecule has 166 valence electrons. The third-order valence-corrected chi connectivity index (χ3v) is 6.33. The number of hydrogen-bond donors (Lipinski definition) is 2. The molecule has 3 aromatic heterocycles. The number of ether oxygens (including phenoxy) is 1. The van der Waals surface area contributed by atoms with Crippen LogP contribution >= 0.6 is 0 Å². The van der Waals surface area contributed by atoms with Crippen molar-refractivity contribution in [2.24, 2.45) is 0 Å². The summed E-state index contributed by atoms with van der Waals surface area (Å²) in [6, 6.07) is 7.18. The van der Waals surface area contributed by atoms with Gasteiger partial charge in [0.2, 0.25) is 0 Å². The molecule has 2 N–H and O–H groups in total. The molecule has 1 fully saturated rings. The average Bonchev–Trinajstić information content (AvgIpc) is 3.36. The molecule has 4 heterocycles. The summed E-state index contributed by atoms with van der Waals surface area (Å²) >= 11 is 0. The van der Waals surface area contributed by atoms with Gasteiger partial charge in [-0.3, -0.25) is 5.10 Å². The van der Waals surface area contributed by atoms with E-state index in [2.05, 4.69) is 34.7 Å². The van der Waals surface area contributed by atoms with E-state index in [0.717, 1.165) is 33.4 Å². The van der Waals surface area contributed by atoms with Crippen LogP contribution < -0.4 is 0 Å². The number of nitrogens with zero attached hydrogens (tertiary/aromatic N) is 3. The molecule has 8 heteroatoms. The Morgan fingerprint density at radius 3 is 2.78 bits per heavy atom. The number of nitrogens with one attached hydrogen (secondary N) is 1. The second kappa shape index (κ2) is 7.70. The molecular weight excluding hydrogens is 411 g/mol. The number of H-pyrrole nitrogens is 1. The van der Waals surface area contributed by atoms with E-state index in [-0.39, 0.29) is 17.7 Å². The SMILES string of the molecule is Cc1cc(-n2c(C(C)C)c([C@H]3CC[C@H](C(=O)O)OC3)c3nc4[nH]ncc4cc32)ccc1F. The second-order valence-electron chi connectivity index (χ2n) is 8.82. The topological polar surface area (TPSA) is 93.0 Å². The van der Waals surface area contributed by atoms with Crippen LogP contribution in [0.4, 0.5) is 4.39 Å². The Kier molecular flexibility index (Phi) is 4.97. The Morgan fingerprint density at radius 2 is 2.12 bits per heavy atom. The number of rotatable bonds is 4. The molecule has 0 unspecified atom stereocenters. The summed E-state index contributed by atoms with van der Waals surface area (Å²) in [6.07, 6.45) is 2.12. The van der Waals surface area contributed by atoms with Crippen molar-refractivity contribution in [3.63, 3.8) is 0 Å². The summed E-state index contributed by atoms with van der Waals surface area (Å²) in [5.41, 5.74) is 6.05. The number of pyridine rings is 1. The van der Waals surface area contributed by atoms with Gasteiger partial charge in [-0.2, -0.15) is 5.10 Å². The van der Waals surface area contributed by atoms with Crippen molar-refractivity contribution < 1.29 is 19.0 Å². The molecule has 4 aromatic rings. The first-order valence-corrected chi connectivity index (χ1v) is 10.8. The summed E-state index contributed by atoms with van der Waals surface area (Å²) in [5, 5.41) is 17.3. The van der Waals surface area contributed by atoms with Gasteiger partial charge in [-0.05, 0) is 55.5 Å². The molecule has 0 saturated carbocycles. The first-order valence-electron chi connectivity index (χ1n) is 10.8. The third-order valence-electron chi connectivity index (χ3n) is 6.33. The maximum Gasteiger partial charge on any atom is 0.332 e. The van der Waals surface area contributed by atoms with Gasteiger partial charge in [0.1, 0.15) is 5.82 Å². The number of halogens is 1. The van der Waals surface area contributed by atoms with Gasteiger partial charge in [0.05, 0.1) is 23.8 Å². The summed E-state index contributed by atoms with van der Waals surface area (Å²) in [4.78, 5) is 16.3. The first-order chi connectivity index (χ1) is 15.3. The largest absolute Gasteiger partial charge is 0.479 e. The van der Waals surface area contributed by atoms with Gasteiger partial charge in [-0.25, -0.2) is 14.2 Å². The Balaban J connectivity index is 1.78. The number of aromatic amines is 1. The standard InChI is InChI=1S/C24H25FN4O3/c1-12(2)22-20(14-4-7-19(24(30)31)32-11-14)21-18(9-15-10-26-28-23(15)27-21)29(22)16-5-6-17(25)13(3)8-16/h5-6,8-10,12,14,19H,4,7,11H2,1-3H3,(H,30,31)(H,26,27,28)/t14-,19+/m0/s1. The van der Waals surface area contributed by atoms with E-state index in [4.69, 9.17) is 9.72 Å². The van der Waals surface area contributed by atoms with E-state index < -0.39 is 12.1 Å². The van der Waals surface area contributed by atoms with Crippen LogP contribution in [-0.4, -0.2) is 43.5 Å². The van der Waals surface area contributed by atoms with Gasteiger partial charge in [0.15, 0.2) is 11.8 Å². The van der Waals surface area contributed by atoms with E-state index in [1.54, 1.807) is 19.2 Å². The lowest BCUT2D eigenvalue weighted by Gasteiger charge is -2.28. The minimum absolute atomic E-state index is 0.0150. The summed E-state index contributed by atoms with van der Waals surface area (Å²) in [5.74, 6) is -0.999. The molecule has 0 radical (unpaired) electrons. The highest BCUT2D eigenvalue weighted by molar-refractivity contribution is 5.93. The highest BCUT2D eigenvalue weighted by atomic mass is 19.1. The Labute approximate surface area is 184 Å². The Morgan fingerprint density at radius 1 is 1.31 bits per heavy atom. The molecular formula is C24H25FN4O3. The number of carboxylic acids is 1. The van der Waals surface area contributed by atoms with Crippen molar-refractivity contribution in [3.05, 3.63) is 53.1 Å². The van der Waals surface area contributed by atoms with E-state index >= 15 is 0 Å². The van der Waals surface area contributed by atoms with Gasteiger partial charge < -0.3 is 14.4 Å². The fourth-order valence-corrected chi connectivity index (χ4v) is 4.80. The molecule has 7 nitrogen and oxygen atoms in total. The summed E-state index contributed by atoms with van der Waals surface area (Å²) in [6.45, 7) is 6.33. The third kappa shape index (κ3) is 3.26. The quantitative estimate of drug-likeness (QED) is 0.478. The molecule has 0 bridgehead atoms. The first kappa shape index (κ1) is 20.6. The lowest BCUT2D eigenvalue weighted by atomic mass is 9.88. The van der Waals surface area contributed by atoms with Crippen molar-refractivity contribution in [2.75, 3.05) is 6.61 Å². The normalized spacial score (nSPS) is 19.3. The van der Waals surface area contributed by atoms with Gasteiger partial charge in [-0.15, -0.1) is 0 Å². The van der Waals surface area contributed by atoms with Crippen LogP contribution in [0.25, 0.3) is 27.8 Å². The van der Waals surface area contributed by atoms with Gasteiger partial charge >= 0.3 is 5.97 Å². The predicted octanol–water partition coefficient (Wildman–Crippen LogP) is 4.82. The van der Waals surface area contributed by atoms with Crippen LogP contribution in [-0.2, 0) is 9.53 Å². The minimum atomic E-state index is -0.922. The predicted molar refractivity (Wildman–Crippen MR) is 119 cm³/mol. The van der Waals surface area contributed by atoms with Crippen LogP contribution in [0.1, 0.15) is 55.3 Å². The van der Waals surface area contributed by atoms with Crippen LogP contribution in [0, 0.1) is 12.7 Å². The number of benzene rings is 1. The highest BCUT2D eigenvalue weighted by Crippen LogP contribution is 2.41. The summed E-state index contributed by atoms with van der Waals surface area (Å²) < 4.78 is 21.9. The molecule has 2 atom stereocenters. The van der Waals surface area contributed by atoms with Gasteiger partial charge in [0.25, 0.3) is 0 Å².